The number of benzene rings is 1. The van der Waals surface area contributed by atoms with Crippen LogP contribution in [0.1, 0.15) is 44.2 Å². The van der Waals surface area contributed by atoms with Gasteiger partial charge in [0.25, 0.3) is 0 Å². The van der Waals surface area contributed by atoms with Crippen LogP contribution in [0.2, 0.25) is 0 Å². The number of ether oxygens (including phenoxy) is 1. The van der Waals surface area contributed by atoms with Crippen LogP contribution in [0.15, 0.2) is 28.7 Å². The smallest absolute Gasteiger partial charge is 0.315 e. The summed E-state index contributed by atoms with van der Waals surface area (Å²) >= 11 is 0. The predicted molar refractivity (Wildman–Crippen MR) is 88.3 cm³/mol. The molecule has 0 radical (unpaired) electrons. The Balaban J connectivity index is 0.00000242. The van der Waals surface area contributed by atoms with Crippen molar-refractivity contribution in [2.24, 2.45) is 5.73 Å². The molecule has 0 aliphatic heterocycles. The Bertz CT molecular complexity index is 545. The summed E-state index contributed by atoms with van der Waals surface area (Å²) < 4.78 is 11.0. The molecule has 1 heterocycles. The lowest BCUT2D eigenvalue weighted by atomic mass is 10.0. The van der Waals surface area contributed by atoms with Crippen molar-refractivity contribution in [2.45, 2.75) is 39.3 Å². The van der Waals surface area contributed by atoms with E-state index >= 15 is 0 Å². The third-order valence-corrected chi connectivity index (χ3v) is 3.10. The number of nitrogens with two attached hydrogens (primary N) is 1. The lowest BCUT2D eigenvalue weighted by Gasteiger charge is -2.16. The van der Waals surface area contributed by atoms with Crippen LogP contribution in [0.4, 0.5) is 6.01 Å². The number of aromatic nitrogens is 2. The SMILES string of the molecule is CCCOc1ccc(C(CC)Nc2nnc(CN)o2)cc1.Cl. The van der Waals surface area contributed by atoms with Gasteiger partial charge in [-0.25, -0.2) is 0 Å². The molecule has 0 spiro atoms. The highest BCUT2D eigenvalue weighted by Crippen LogP contribution is 2.24. The Morgan fingerprint density at radius 1 is 1.23 bits per heavy atom. The van der Waals surface area contributed by atoms with E-state index in [9.17, 15) is 0 Å². The summed E-state index contributed by atoms with van der Waals surface area (Å²) in [4.78, 5) is 0. The van der Waals surface area contributed by atoms with E-state index in [2.05, 4.69) is 29.4 Å². The Hall–Kier alpha value is -1.79. The molecule has 7 heteroatoms. The minimum absolute atomic E-state index is 0. The van der Waals surface area contributed by atoms with Crippen molar-refractivity contribution in [2.75, 3.05) is 11.9 Å². The van der Waals surface area contributed by atoms with E-state index in [4.69, 9.17) is 14.9 Å². The molecule has 1 atom stereocenters. The molecule has 1 aromatic carbocycles. The molecule has 0 fully saturated rings. The summed E-state index contributed by atoms with van der Waals surface area (Å²) in [7, 11) is 0. The molecule has 3 N–H and O–H groups in total. The van der Waals surface area contributed by atoms with Crippen molar-refractivity contribution in [3.8, 4) is 5.75 Å². The molecule has 2 rings (SSSR count). The Morgan fingerprint density at radius 2 is 1.95 bits per heavy atom. The van der Waals surface area contributed by atoms with Crippen LogP contribution in [0.3, 0.4) is 0 Å². The topological polar surface area (TPSA) is 86.2 Å². The largest absolute Gasteiger partial charge is 0.494 e. The van der Waals surface area contributed by atoms with E-state index in [-0.39, 0.29) is 25.0 Å². The van der Waals surface area contributed by atoms with Gasteiger partial charge in [0.1, 0.15) is 5.75 Å². The fraction of sp³-hybridized carbons (Fsp3) is 0.467. The molecule has 0 bridgehead atoms. The summed E-state index contributed by atoms with van der Waals surface area (Å²) in [6.07, 6.45) is 1.90. The first-order chi connectivity index (χ1) is 10.3. The van der Waals surface area contributed by atoms with Crippen molar-refractivity contribution < 1.29 is 9.15 Å². The molecule has 1 unspecified atom stereocenters. The van der Waals surface area contributed by atoms with Gasteiger partial charge in [-0.2, -0.15) is 0 Å². The number of hydrogen-bond acceptors (Lipinski definition) is 6. The number of nitrogens with zero attached hydrogens (tertiary/aromatic N) is 2. The van der Waals surface area contributed by atoms with Gasteiger partial charge in [-0.05, 0) is 30.5 Å². The summed E-state index contributed by atoms with van der Waals surface area (Å²) in [5.74, 6) is 1.31. The van der Waals surface area contributed by atoms with Crippen LogP contribution in [-0.2, 0) is 6.54 Å². The number of halogens is 1. The predicted octanol–water partition coefficient (Wildman–Crippen LogP) is 3.30. The van der Waals surface area contributed by atoms with Gasteiger partial charge in [-0.15, -0.1) is 17.5 Å². The zero-order valence-corrected chi connectivity index (χ0v) is 13.7. The molecule has 0 saturated carbocycles. The summed E-state index contributed by atoms with van der Waals surface area (Å²) in [5.41, 5.74) is 6.60. The minimum Gasteiger partial charge on any atom is -0.494 e. The summed E-state index contributed by atoms with van der Waals surface area (Å²) in [6, 6.07) is 8.56. The molecule has 1 aromatic heterocycles. The fourth-order valence-corrected chi connectivity index (χ4v) is 1.98. The van der Waals surface area contributed by atoms with Gasteiger partial charge in [0.05, 0.1) is 19.2 Å². The van der Waals surface area contributed by atoms with Crippen LogP contribution in [0.25, 0.3) is 0 Å². The molecule has 2 aromatic rings. The summed E-state index contributed by atoms with van der Waals surface area (Å²) in [6.45, 7) is 5.17. The van der Waals surface area contributed by atoms with Gasteiger partial charge in [0.15, 0.2) is 0 Å². The lowest BCUT2D eigenvalue weighted by Crippen LogP contribution is -2.10. The molecule has 0 aliphatic rings. The normalized spacial score (nSPS) is 11.6. The average Bonchev–Trinajstić information content (AvgIpc) is 2.99. The maximum atomic E-state index is 5.58. The minimum atomic E-state index is 0. The molecule has 0 aliphatic carbocycles. The van der Waals surface area contributed by atoms with Crippen molar-refractivity contribution in [3.05, 3.63) is 35.7 Å². The Labute approximate surface area is 136 Å². The maximum Gasteiger partial charge on any atom is 0.315 e. The standard InChI is InChI=1S/C15H22N4O2.ClH/c1-3-9-20-12-7-5-11(6-8-12)13(4-2)17-15-19-18-14(10-16)21-15;/h5-8,13H,3-4,9-10,16H2,1-2H3,(H,17,19);1H. The van der Waals surface area contributed by atoms with Gasteiger partial charge < -0.3 is 20.2 Å². The Kier molecular flexibility index (Phi) is 7.70. The van der Waals surface area contributed by atoms with Gasteiger partial charge in [-0.1, -0.05) is 31.1 Å². The second-order valence-corrected chi connectivity index (χ2v) is 4.73. The van der Waals surface area contributed by atoms with Crippen LogP contribution in [-0.4, -0.2) is 16.8 Å². The zero-order valence-electron chi connectivity index (χ0n) is 12.9. The molecule has 22 heavy (non-hydrogen) atoms. The van der Waals surface area contributed by atoms with E-state index in [0.717, 1.165) is 30.8 Å². The quantitative estimate of drug-likeness (QED) is 0.774. The highest BCUT2D eigenvalue weighted by molar-refractivity contribution is 5.85. The van der Waals surface area contributed by atoms with E-state index in [0.29, 0.717) is 11.9 Å². The first kappa shape index (κ1) is 18.3. The molecular formula is C15H23ClN4O2. The second kappa shape index (κ2) is 9.27. The van der Waals surface area contributed by atoms with Crippen molar-refractivity contribution in [3.63, 3.8) is 0 Å². The van der Waals surface area contributed by atoms with E-state index < -0.39 is 0 Å². The van der Waals surface area contributed by atoms with Crippen LogP contribution in [0.5, 0.6) is 5.75 Å². The molecule has 0 saturated heterocycles. The number of anilines is 1. The van der Waals surface area contributed by atoms with Crippen LogP contribution in [0, 0.1) is 0 Å². The zero-order chi connectivity index (χ0) is 15.1. The van der Waals surface area contributed by atoms with Gasteiger partial charge in [0, 0.05) is 0 Å². The van der Waals surface area contributed by atoms with Gasteiger partial charge in [-0.3, -0.25) is 0 Å². The third-order valence-electron chi connectivity index (χ3n) is 3.10. The van der Waals surface area contributed by atoms with Gasteiger partial charge >= 0.3 is 6.01 Å². The number of nitrogens with one attached hydrogen (secondary N) is 1. The molecule has 6 nitrogen and oxygen atoms in total. The van der Waals surface area contributed by atoms with E-state index in [1.807, 2.05) is 24.3 Å². The van der Waals surface area contributed by atoms with Crippen LogP contribution >= 0.6 is 12.4 Å². The highest BCUT2D eigenvalue weighted by atomic mass is 35.5. The first-order valence-corrected chi connectivity index (χ1v) is 7.28. The van der Waals surface area contributed by atoms with Crippen molar-refractivity contribution >= 4 is 18.4 Å². The van der Waals surface area contributed by atoms with Crippen molar-refractivity contribution in [1.82, 2.24) is 10.2 Å². The molecule has 0 amide bonds. The highest BCUT2D eigenvalue weighted by Gasteiger charge is 2.13. The van der Waals surface area contributed by atoms with E-state index in [1.54, 1.807) is 0 Å². The molecular weight excluding hydrogens is 304 g/mol. The lowest BCUT2D eigenvalue weighted by molar-refractivity contribution is 0.317. The molecule has 122 valence electrons. The van der Waals surface area contributed by atoms with Crippen LogP contribution < -0.4 is 15.8 Å². The first-order valence-electron chi connectivity index (χ1n) is 7.28. The Morgan fingerprint density at radius 3 is 2.50 bits per heavy atom. The second-order valence-electron chi connectivity index (χ2n) is 4.73. The van der Waals surface area contributed by atoms with E-state index in [1.165, 1.54) is 0 Å². The summed E-state index contributed by atoms with van der Waals surface area (Å²) in [5, 5.41) is 11.0. The average molecular weight is 327 g/mol. The van der Waals surface area contributed by atoms with Gasteiger partial charge in [0.2, 0.25) is 5.89 Å². The van der Waals surface area contributed by atoms with Crippen molar-refractivity contribution in [1.29, 1.82) is 0 Å². The maximum absolute atomic E-state index is 5.58. The fourth-order valence-electron chi connectivity index (χ4n) is 1.98. The monoisotopic (exact) mass is 326 g/mol. The number of rotatable bonds is 8. The third kappa shape index (κ3) is 4.89. The number of hydrogen-bond donors (Lipinski definition) is 2.